The van der Waals surface area contributed by atoms with Crippen LogP contribution >= 0.6 is 11.3 Å². The van der Waals surface area contributed by atoms with Gasteiger partial charge in [0, 0.05) is 30.7 Å². The molecule has 3 rings (SSSR count). The predicted molar refractivity (Wildman–Crippen MR) is 81.9 cm³/mol. The molecule has 1 aromatic heterocycles. The summed E-state index contributed by atoms with van der Waals surface area (Å²) in [5, 5.41) is 12.4. The van der Waals surface area contributed by atoms with Crippen LogP contribution in [0.15, 0.2) is 6.20 Å². The average molecular weight is 324 g/mol. The number of rotatable bonds is 6. The smallest absolute Gasteiger partial charge is 0.310 e. The quantitative estimate of drug-likeness (QED) is 0.838. The molecule has 1 unspecified atom stereocenters. The van der Waals surface area contributed by atoms with E-state index in [1.54, 1.807) is 6.20 Å². The molecular formula is C15H20N2O4S. The van der Waals surface area contributed by atoms with Crippen LogP contribution < -0.4 is 5.32 Å². The number of nitrogens with one attached hydrogen (secondary N) is 1. The standard InChI is InChI=1S/C15H20N2O4S/c18-12(7-15(3-4-15)13(19)20)17-14-16-8-11(22-14)6-10-2-1-5-21-9-10/h8,10H,1-7,9H2,(H,19,20)(H,16,17,18). The van der Waals surface area contributed by atoms with Crippen LogP contribution in [-0.2, 0) is 20.7 Å². The van der Waals surface area contributed by atoms with Crippen molar-refractivity contribution in [2.75, 3.05) is 18.5 Å². The third-order valence-corrected chi connectivity index (χ3v) is 5.29. The first kappa shape index (κ1) is 15.4. The van der Waals surface area contributed by atoms with Crippen molar-refractivity contribution in [3.8, 4) is 0 Å². The predicted octanol–water partition coefficient (Wildman–Crippen LogP) is 2.31. The van der Waals surface area contributed by atoms with Gasteiger partial charge in [0.05, 0.1) is 5.41 Å². The molecular weight excluding hydrogens is 304 g/mol. The van der Waals surface area contributed by atoms with E-state index in [0.717, 1.165) is 30.9 Å². The summed E-state index contributed by atoms with van der Waals surface area (Å²) >= 11 is 1.46. The summed E-state index contributed by atoms with van der Waals surface area (Å²) in [7, 11) is 0. The van der Waals surface area contributed by atoms with E-state index in [1.165, 1.54) is 17.8 Å². The van der Waals surface area contributed by atoms with E-state index in [4.69, 9.17) is 9.84 Å². The van der Waals surface area contributed by atoms with Crippen LogP contribution in [0.4, 0.5) is 5.13 Å². The first-order valence-corrected chi connectivity index (χ1v) is 8.45. The van der Waals surface area contributed by atoms with E-state index < -0.39 is 11.4 Å². The molecule has 0 radical (unpaired) electrons. The van der Waals surface area contributed by atoms with Crippen LogP contribution in [0.2, 0.25) is 0 Å². The lowest BCUT2D eigenvalue weighted by Crippen LogP contribution is -2.23. The minimum atomic E-state index is -0.875. The summed E-state index contributed by atoms with van der Waals surface area (Å²) in [5.41, 5.74) is -0.830. The van der Waals surface area contributed by atoms with Crippen LogP contribution in [0.25, 0.3) is 0 Å². The Kier molecular flexibility index (Phi) is 4.44. The van der Waals surface area contributed by atoms with Crippen molar-refractivity contribution in [1.29, 1.82) is 0 Å². The van der Waals surface area contributed by atoms with Crippen LogP contribution in [0, 0.1) is 11.3 Å². The summed E-state index contributed by atoms with van der Waals surface area (Å²) in [6, 6.07) is 0. The zero-order chi connectivity index (χ0) is 15.6. The summed E-state index contributed by atoms with van der Waals surface area (Å²) in [6.07, 6.45) is 6.19. The largest absolute Gasteiger partial charge is 0.481 e. The van der Waals surface area contributed by atoms with E-state index in [0.29, 0.717) is 23.9 Å². The second-order valence-corrected chi connectivity index (χ2v) is 7.34. The molecule has 2 fully saturated rings. The average Bonchev–Trinajstić information content (AvgIpc) is 3.14. The zero-order valence-corrected chi connectivity index (χ0v) is 13.2. The van der Waals surface area contributed by atoms with Crippen molar-refractivity contribution >= 4 is 28.3 Å². The van der Waals surface area contributed by atoms with Crippen molar-refractivity contribution in [3.63, 3.8) is 0 Å². The highest BCUT2D eigenvalue weighted by molar-refractivity contribution is 7.15. The van der Waals surface area contributed by atoms with Gasteiger partial charge in [-0.3, -0.25) is 9.59 Å². The number of ether oxygens (including phenoxy) is 1. The SMILES string of the molecule is O=C(CC1(C(=O)O)CC1)Nc1ncc(CC2CCCOC2)s1. The molecule has 7 heteroatoms. The summed E-state index contributed by atoms with van der Waals surface area (Å²) in [5.74, 6) is -0.610. The molecule has 1 amide bonds. The Morgan fingerprint density at radius 3 is 2.95 bits per heavy atom. The number of aromatic nitrogens is 1. The lowest BCUT2D eigenvalue weighted by Gasteiger charge is -2.20. The van der Waals surface area contributed by atoms with Crippen molar-refractivity contribution in [2.24, 2.45) is 11.3 Å². The Bertz CT molecular complexity index is 562. The number of hydrogen-bond donors (Lipinski definition) is 2. The molecule has 1 aliphatic heterocycles. The minimum Gasteiger partial charge on any atom is -0.481 e. The molecule has 1 aliphatic carbocycles. The van der Waals surface area contributed by atoms with Gasteiger partial charge in [0.1, 0.15) is 0 Å². The van der Waals surface area contributed by atoms with Gasteiger partial charge in [0.2, 0.25) is 5.91 Å². The highest BCUT2D eigenvalue weighted by Gasteiger charge is 2.51. The third-order valence-electron chi connectivity index (χ3n) is 4.35. The number of hydrogen-bond acceptors (Lipinski definition) is 5. The van der Waals surface area contributed by atoms with Crippen LogP contribution in [0.3, 0.4) is 0 Å². The van der Waals surface area contributed by atoms with Gasteiger partial charge in [-0.25, -0.2) is 4.98 Å². The maximum atomic E-state index is 11.9. The maximum Gasteiger partial charge on any atom is 0.310 e. The minimum absolute atomic E-state index is 0.0354. The number of carbonyl (C=O) groups is 2. The van der Waals surface area contributed by atoms with E-state index in [-0.39, 0.29) is 12.3 Å². The van der Waals surface area contributed by atoms with Crippen molar-refractivity contribution in [1.82, 2.24) is 4.98 Å². The normalized spacial score (nSPS) is 23.0. The molecule has 120 valence electrons. The van der Waals surface area contributed by atoms with Crippen LogP contribution in [-0.4, -0.2) is 35.2 Å². The Morgan fingerprint density at radius 2 is 2.32 bits per heavy atom. The molecule has 2 N–H and O–H groups in total. The second kappa shape index (κ2) is 6.34. The summed E-state index contributed by atoms with van der Waals surface area (Å²) in [6.45, 7) is 1.65. The second-order valence-electron chi connectivity index (χ2n) is 6.23. The Balaban J connectivity index is 1.50. The van der Waals surface area contributed by atoms with Gasteiger partial charge in [-0.15, -0.1) is 11.3 Å². The first-order valence-electron chi connectivity index (χ1n) is 7.63. The molecule has 1 atom stereocenters. The first-order chi connectivity index (χ1) is 10.6. The third kappa shape index (κ3) is 3.64. The Labute approximate surface area is 132 Å². The molecule has 0 aromatic carbocycles. The molecule has 1 aromatic rings. The molecule has 1 saturated carbocycles. The fraction of sp³-hybridized carbons (Fsp3) is 0.667. The summed E-state index contributed by atoms with van der Waals surface area (Å²) < 4.78 is 5.47. The van der Waals surface area contributed by atoms with Gasteiger partial charge in [0.25, 0.3) is 0 Å². The monoisotopic (exact) mass is 324 g/mol. The van der Waals surface area contributed by atoms with Gasteiger partial charge in [-0.05, 0) is 38.0 Å². The Hall–Kier alpha value is -1.47. The maximum absolute atomic E-state index is 11.9. The van der Waals surface area contributed by atoms with Gasteiger partial charge in [-0.1, -0.05) is 0 Å². The molecule has 6 nitrogen and oxygen atoms in total. The lowest BCUT2D eigenvalue weighted by atomic mass is 9.98. The Morgan fingerprint density at radius 1 is 1.50 bits per heavy atom. The number of aliphatic carboxylic acids is 1. The van der Waals surface area contributed by atoms with Crippen molar-refractivity contribution in [3.05, 3.63) is 11.1 Å². The van der Waals surface area contributed by atoms with E-state index >= 15 is 0 Å². The van der Waals surface area contributed by atoms with E-state index in [1.807, 2.05) is 0 Å². The number of thiazole rings is 1. The number of carboxylic acids is 1. The van der Waals surface area contributed by atoms with Crippen LogP contribution in [0.1, 0.15) is 37.0 Å². The molecule has 1 saturated heterocycles. The van der Waals surface area contributed by atoms with Crippen molar-refractivity contribution in [2.45, 2.75) is 38.5 Å². The molecule has 2 heterocycles. The summed E-state index contributed by atoms with van der Waals surface area (Å²) in [4.78, 5) is 28.4. The van der Waals surface area contributed by atoms with Gasteiger partial charge >= 0.3 is 5.97 Å². The van der Waals surface area contributed by atoms with Gasteiger partial charge in [-0.2, -0.15) is 0 Å². The number of amides is 1. The lowest BCUT2D eigenvalue weighted by molar-refractivity contribution is -0.145. The topological polar surface area (TPSA) is 88.5 Å². The fourth-order valence-electron chi connectivity index (χ4n) is 2.80. The molecule has 0 spiro atoms. The van der Waals surface area contributed by atoms with Crippen LogP contribution in [0.5, 0.6) is 0 Å². The molecule has 22 heavy (non-hydrogen) atoms. The molecule has 0 bridgehead atoms. The van der Waals surface area contributed by atoms with Gasteiger partial charge < -0.3 is 15.2 Å². The van der Waals surface area contributed by atoms with Gasteiger partial charge in [0.15, 0.2) is 5.13 Å². The van der Waals surface area contributed by atoms with E-state index in [2.05, 4.69) is 10.3 Å². The highest BCUT2D eigenvalue weighted by atomic mass is 32.1. The number of anilines is 1. The molecule has 2 aliphatic rings. The number of carboxylic acid groups (broad SMARTS) is 1. The number of nitrogens with zero attached hydrogens (tertiary/aromatic N) is 1. The van der Waals surface area contributed by atoms with Crippen molar-refractivity contribution < 1.29 is 19.4 Å². The fourth-order valence-corrected chi connectivity index (χ4v) is 3.74. The highest BCUT2D eigenvalue weighted by Crippen LogP contribution is 2.49. The van der Waals surface area contributed by atoms with E-state index in [9.17, 15) is 9.59 Å². The zero-order valence-electron chi connectivity index (χ0n) is 12.3. The number of carbonyl (C=O) groups excluding carboxylic acids is 1.